The topological polar surface area (TPSA) is 92.7 Å². The third-order valence-electron chi connectivity index (χ3n) is 3.97. The molecule has 0 spiro atoms. The van der Waals surface area contributed by atoms with Crippen molar-refractivity contribution in [2.45, 2.75) is 0 Å². The van der Waals surface area contributed by atoms with Gasteiger partial charge in [-0.2, -0.15) is 0 Å². The molecule has 0 aliphatic carbocycles. The Kier molecular flexibility index (Phi) is 3.30. The lowest BCUT2D eigenvalue weighted by Crippen LogP contribution is -2.03. The molecule has 0 fully saturated rings. The summed E-state index contributed by atoms with van der Waals surface area (Å²) in [6.07, 6.45) is 3.06. The number of fused-ring (bicyclic) bond motifs is 2. The van der Waals surface area contributed by atoms with Crippen LogP contribution in [0, 0.1) is 0 Å². The van der Waals surface area contributed by atoms with Crippen LogP contribution >= 0.6 is 11.6 Å². The Morgan fingerprint density at radius 2 is 1.96 bits per heavy atom. The number of nitrogens with zero attached hydrogens (tertiary/aromatic N) is 1. The van der Waals surface area contributed by atoms with Crippen LogP contribution in [0.3, 0.4) is 0 Å². The third kappa shape index (κ3) is 2.35. The van der Waals surface area contributed by atoms with Crippen LogP contribution in [0.1, 0.15) is 10.4 Å². The Hall–Kier alpha value is -3.25. The fourth-order valence-electron chi connectivity index (χ4n) is 2.74. The number of hydrogen-bond donors (Lipinski definition) is 2. The quantitative estimate of drug-likeness (QED) is 0.533. The largest absolute Gasteiger partial charge is 0.507 e. The Morgan fingerprint density at radius 3 is 2.68 bits per heavy atom. The molecule has 0 saturated carbocycles. The van der Waals surface area contributed by atoms with Crippen molar-refractivity contribution in [3.05, 3.63) is 69.6 Å². The van der Waals surface area contributed by atoms with Crippen molar-refractivity contribution >= 4 is 39.5 Å². The van der Waals surface area contributed by atoms with Crippen molar-refractivity contribution < 1.29 is 19.4 Å². The number of phenolic OH excluding ortho intramolecular Hbond substituents is 1. The molecule has 0 atom stereocenters. The summed E-state index contributed by atoms with van der Waals surface area (Å²) >= 11 is 6.08. The molecular weight excluding hydrogens is 346 g/mol. The van der Waals surface area contributed by atoms with E-state index in [4.69, 9.17) is 21.1 Å². The van der Waals surface area contributed by atoms with Crippen LogP contribution in [0.15, 0.2) is 58.0 Å². The highest BCUT2D eigenvalue weighted by molar-refractivity contribution is 6.35. The Labute approximate surface area is 145 Å². The van der Waals surface area contributed by atoms with E-state index in [1.54, 1.807) is 29.0 Å². The standard InChI is InChI=1S/C18H10ClNO5/c19-12-3-4-13(21)15-16(22)11-2-1-10(7-14(11)25-17(12)15)20-6-5-9(8-20)18(23)24/h1-8,21H,(H,23,24). The van der Waals surface area contributed by atoms with Crippen molar-refractivity contribution in [2.24, 2.45) is 0 Å². The van der Waals surface area contributed by atoms with Crippen LogP contribution in [0.2, 0.25) is 5.02 Å². The summed E-state index contributed by atoms with van der Waals surface area (Å²) in [5.41, 5.74) is 0.774. The van der Waals surface area contributed by atoms with E-state index in [-0.39, 0.29) is 38.3 Å². The van der Waals surface area contributed by atoms with Crippen molar-refractivity contribution in [2.75, 3.05) is 0 Å². The minimum absolute atomic E-state index is 0.0295. The summed E-state index contributed by atoms with van der Waals surface area (Å²) in [5, 5.41) is 19.5. The highest BCUT2D eigenvalue weighted by atomic mass is 35.5. The zero-order valence-corrected chi connectivity index (χ0v) is 13.3. The van der Waals surface area contributed by atoms with E-state index in [0.717, 1.165) is 0 Å². The lowest BCUT2D eigenvalue weighted by Gasteiger charge is -2.07. The summed E-state index contributed by atoms with van der Waals surface area (Å²) in [4.78, 5) is 23.6. The van der Waals surface area contributed by atoms with Crippen LogP contribution in [0.4, 0.5) is 0 Å². The fourth-order valence-corrected chi connectivity index (χ4v) is 2.93. The van der Waals surface area contributed by atoms with Gasteiger partial charge in [0.1, 0.15) is 16.7 Å². The van der Waals surface area contributed by atoms with Gasteiger partial charge in [0, 0.05) is 24.1 Å². The van der Waals surface area contributed by atoms with Gasteiger partial charge < -0.3 is 19.2 Å². The maximum atomic E-state index is 12.6. The third-order valence-corrected chi connectivity index (χ3v) is 4.27. The van der Waals surface area contributed by atoms with E-state index in [1.807, 2.05) is 0 Å². The van der Waals surface area contributed by atoms with E-state index in [2.05, 4.69) is 0 Å². The van der Waals surface area contributed by atoms with Gasteiger partial charge in [-0.25, -0.2) is 4.79 Å². The van der Waals surface area contributed by atoms with Gasteiger partial charge in [-0.1, -0.05) is 11.6 Å². The number of hydrogen-bond acceptors (Lipinski definition) is 4. The molecule has 2 N–H and O–H groups in total. The summed E-state index contributed by atoms with van der Waals surface area (Å²) in [6.45, 7) is 0. The van der Waals surface area contributed by atoms with Crippen molar-refractivity contribution in [1.82, 2.24) is 4.57 Å². The van der Waals surface area contributed by atoms with Crippen LogP contribution in [0.25, 0.3) is 27.6 Å². The molecule has 0 aliphatic rings. The van der Waals surface area contributed by atoms with Gasteiger partial charge in [0.05, 0.1) is 16.0 Å². The maximum Gasteiger partial charge on any atom is 0.337 e. The normalized spacial score (nSPS) is 11.2. The smallest absolute Gasteiger partial charge is 0.337 e. The van der Waals surface area contributed by atoms with E-state index >= 15 is 0 Å². The first-order chi connectivity index (χ1) is 12.0. The maximum absolute atomic E-state index is 12.6. The zero-order chi connectivity index (χ0) is 17.7. The molecule has 0 radical (unpaired) electrons. The molecule has 0 unspecified atom stereocenters. The molecule has 0 aliphatic heterocycles. The number of rotatable bonds is 2. The Bertz CT molecular complexity index is 1220. The number of carboxylic acid groups (broad SMARTS) is 1. The Morgan fingerprint density at radius 1 is 1.16 bits per heavy atom. The summed E-state index contributed by atoms with van der Waals surface area (Å²) < 4.78 is 7.34. The zero-order valence-electron chi connectivity index (χ0n) is 12.6. The number of aromatic carboxylic acids is 1. The molecular formula is C18H10ClNO5. The SMILES string of the molecule is O=C(O)c1ccn(-c2ccc3c(=O)c4c(O)ccc(Cl)c4oc3c2)c1. The minimum Gasteiger partial charge on any atom is -0.507 e. The number of aromatic hydroxyl groups is 1. The predicted octanol–water partition coefficient (Wildman–Crippen LogP) is 3.79. The fraction of sp³-hybridized carbons (Fsp3) is 0. The van der Waals surface area contributed by atoms with E-state index in [1.165, 1.54) is 24.4 Å². The molecule has 2 aromatic heterocycles. The average molecular weight is 356 g/mol. The molecule has 4 aromatic rings. The number of carboxylic acids is 1. The van der Waals surface area contributed by atoms with Crippen LogP contribution in [0.5, 0.6) is 5.75 Å². The predicted molar refractivity (Wildman–Crippen MR) is 93.0 cm³/mol. The van der Waals surface area contributed by atoms with Gasteiger partial charge in [0.2, 0.25) is 5.43 Å². The second-order valence-corrected chi connectivity index (χ2v) is 5.90. The molecule has 0 amide bonds. The molecule has 2 aromatic carbocycles. The molecule has 2 heterocycles. The lowest BCUT2D eigenvalue weighted by atomic mass is 10.1. The second kappa shape index (κ2) is 5.39. The molecule has 7 heteroatoms. The number of halogens is 1. The van der Waals surface area contributed by atoms with Crippen LogP contribution in [-0.2, 0) is 0 Å². The first-order valence-electron chi connectivity index (χ1n) is 7.25. The molecule has 6 nitrogen and oxygen atoms in total. The average Bonchev–Trinajstić information content (AvgIpc) is 3.08. The van der Waals surface area contributed by atoms with Crippen molar-refractivity contribution in [3.63, 3.8) is 0 Å². The monoisotopic (exact) mass is 355 g/mol. The van der Waals surface area contributed by atoms with Crippen LogP contribution < -0.4 is 5.43 Å². The molecule has 0 saturated heterocycles. The van der Waals surface area contributed by atoms with E-state index in [9.17, 15) is 14.7 Å². The summed E-state index contributed by atoms with van der Waals surface area (Å²) in [6, 6.07) is 9.10. The van der Waals surface area contributed by atoms with Crippen molar-refractivity contribution in [1.29, 1.82) is 0 Å². The highest BCUT2D eigenvalue weighted by Gasteiger charge is 2.15. The van der Waals surface area contributed by atoms with Gasteiger partial charge in [0.15, 0.2) is 5.58 Å². The van der Waals surface area contributed by atoms with Crippen molar-refractivity contribution in [3.8, 4) is 11.4 Å². The number of carbonyl (C=O) groups is 1. The minimum atomic E-state index is -1.03. The first-order valence-corrected chi connectivity index (χ1v) is 7.63. The number of phenols is 1. The highest BCUT2D eigenvalue weighted by Crippen LogP contribution is 2.31. The molecule has 0 bridgehead atoms. The van der Waals surface area contributed by atoms with Gasteiger partial charge >= 0.3 is 5.97 Å². The first kappa shape index (κ1) is 15.3. The van der Waals surface area contributed by atoms with E-state index in [0.29, 0.717) is 11.1 Å². The van der Waals surface area contributed by atoms with Gasteiger partial charge in [-0.15, -0.1) is 0 Å². The summed E-state index contributed by atoms with van der Waals surface area (Å²) in [5.74, 6) is -1.23. The molecule has 25 heavy (non-hydrogen) atoms. The molecule has 4 rings (SSSR count). The van der Waals surface area contributed by atoms with E-state index < -0.39 is 5.97 Å². The lowest BCUT2D eigenvalue weighted by molar-refractivity contribution is 0.0697. The second-order valence-electron chi connectivity index (χ2n) is 5.49. The summed E-state index contributed by atoms with van der Waals surface area (Å²) in [7, 11) is 0. The number of benzene rings is 2. The molecule has 124 valence electrons. The van der Waals surface area contributed by atoms with Gasteiger partial charge in [-0.05, 0) is 30.3 Å². The Balaban J connectivity index is 1.99. The van der Waals surface area contributed by atoms with Crippen LogP contribution in [-0.4, -0.2) is 20.7 Å². The van der Waals surface area contributed by atoms with Gasteiger partial charge in [-0.3, -0.25) is 4.79 Å². The van der Waals surface area contributed by atoms with Gasteiger partial charge in [0.25, 0.3) is 0 Å². The number of aromatic nitrogens is 1.